The van der Waals surface area contributed by atoms with Crippen LogP contribution in [0.1, 0.15) is 44.4 Å². The van der Waals surface area contributed by atoms with Gasteiger partial charge in [-0.15, -0.1) is 0 Å². The lowest BCUT2D eigenvalue weighted by atomic mass is 10.0. The highest BCUT2D eigenvalue weighted by Gasteiger charge is 2.17. The highest BCUT2D eigenvalue weighted by atomic mass is 16.2. The summed E-state index contributed by atoms with van der Waals surface area (Å²) in [5, 5.41) is 2.96. The van der Waals surface area contributed by atoms with Crippen molar-refractivity contribution in [1.29, 1.82) is 0 Å². The molecule has 0 saturated heterocycles. The molecule has 0 fully saturated rings. The lowest BCUT2D eigenvalue weighted by Gasteiger charge is -2.19. The summed E-state index contributed by atoms with van der Waals surface area (Å²) in [5.41, 5.74) is 8.18. The predicted octanol–water partition coefficient (Wildman–Crippen LogP) is 2.55. The normalized spacial score (nSPS) is 14.3. The van der Waals surface area contributed by atoms with Gasteiger partial charge in [0.05, 0.1) is 12.1 Å². The van der Waals surface area contributed by atoms with Gasteiger partial charge in [-0.3, -0.25) is 4.79 Å². The average Bonchev–Trinajstić information content (AvgIpc) is 2.28. The first-order chi connectivity index (χ1) is 8.40. The van der Waals surface area contributed by atoms with Gasteiger partial charge in [0, 0.05) is 0 Å². The van der Waals surface area contributed by atoms with Crippen LogP contribution in [-0.2, 0) is 4.79 Å². The van der Waals surface area contributed by atoms with Crippen LogP contribution in [0.3, 0.4) is 0 Å². The summed E-state index contributed by atoms with van der Waals surface area (Å²) in [6, 6.07) is 7.75. The fraction of sp³-hybridized carbons (Fsp3) is 0.533. The zero-order valence-corrected chi connectivity index (χ0v) is 11.7. The number of nitrogens with two attached hydrogens (primary N) is 1. The number of aryl methyl sites for hydroxylation is 1. The minimum atomic E-state index is -0.419. The topological polar surface area (TPSA) is 55.1 Å². The Hall–Kier alpha value is -1.35. The number of hydrogen-bond acceptors (Lipinski definition) is 2. The van der Waals surface area contributed by atoms with E-state index in [0.717, 1.165) is 5.56 Å². The van der Waals surface area contributed by atoms with Crippen LogP contribution in [0.2, 0.25) is 0 Å². The summed E-state index contributed by atoms with van der Waals surface area (Å²) >= 11 is 0. The van der Waals surface area contributed by atoms with Gasteiger partial charge in [0.15, 0.2) is 0 Å². The van der Waals surface area contributed by atoms with Crippen LogP contribution in [0.25, 0.3) is 0 Å². The smallest absolute Gasteiger partial charge is 0.237 e. The van der Waals surface area contributed by atoms with Crippen molar-refractivity contribution in [3.05, 3.63) is 35.4 Å². The van der Waals surface area contributed by atoms with Crippen molar-refractivity contribution in [2.45, 2.75) is 46.2 Å². The number of carbonyl (C=O) groups is 1. The Labute approximate surface area is 110 Å². The molecule has 1 aromatic carbocycles. The van der Waals surface area contributed by atoms with E-state index < -0.39 is 6.04 Å². The standard InChI is InChI=1S/C15H24N2O/c1-10(2)9-14(16)15(18)17-12(4)13-7-5-11(3)6-8-13/h5-8,10,12,14H,9,16H2,1-4H3,(H,17,18)/t12-,14+/m1/s1. The number of rotatable bonds is 5. The van der Waals surface area contributed by atoms with Crippen molar-refractivity contribution in [1.82, 2.24) is 5.32 Å². The molecule has 0 heterocycles. The molecule has 3 N–H and O–H groups in total. The third-order valence-corrected chi connectivity index (χ3v) is 3.00. The lowest BCUT2D eigenvalue weighted by molar-refractivity contribution is -0.123. The molecule has 1 rings (SSSR count). The molecule has 1 aromatic rings. The molecule has 100 valence electrons. The minimum absolute atomic E-state index is 0.00341. The molecule has 0 bridgehead atoms. The van der Waals surface area contributed by atoms with Gasteiger partial charge in [-0.1, -0.05) is 43.7 Å². The Morgan fingerprint density at radius 3 is 2.28 bits per heavy atom. The molecule has 2 atom stereocenters. The maximum Gasteiger partial charge on any atom is 0.237 e. The summed E-state index contributed by atoms with van der Waals surface area (Å²) in [5.74, 6) is 0.359. The Morgan fingerprint density at radius 2 is 1.78 bits per heavy atom. The fourth-order valence-electron chi connectivity index (χ4n) is 1.87. The highest BCUT2D eigenvalue weighted by Crippen LogP contribution is 2.13. The number of hydrogen-bond donors (Lipinski definition) is 2. The zero-order chi connectivity index (χ0) is 13.7. The quantitative estimate of drug-likeness (QED) is 0.841. The maximum absolute atomic E-state index is 11.9. The number of carbonyl (C=O) groups excluding carboxylic acids is 1. The van der Waals surface area contributed by atoms with Crippen LogP contribution in [0.15, 0.2) is 24.3 Å². The Balaban J connectivity index is 2.56. The summed E-state index contributed by atoms with van der Waals surface area (Å²) < 4.78 is 0. The average molecular weight is 248 g/mol. The van der Waals surface area contributed by atoms with E-state index in [1.54, 1.807) is 0 Å². The molecule has 3 nitrogen and oxygen atoms in total. The van der Waals surface area contributed by atoms with Crippen molar-refractivity contribution in [3.63, 3.8) is 0 Å². The van der Waals surface area contributed by atoms with E-state index in [1.165, 1.54) is 5.56 Å². The van der Waals surface area contributed by atoms with Crippen LogP contribution >= 0.6 is 0 Å². The molecular formula is C15H24N2O. The Kier molecular flexibility index (Phi) is 5.35. The van der Waals surface area contributed by atoms with Crippen LogP contribution in [0.5, 0.6) is 0 Å². The summed E-state index contributed by atoms with van der Waals surface area (Å²) in [4.78, 5) is 11.9. The Bertz CT molecular complexity index is 384. The van der Waals surface area contributed by atoms with E-state index in [2.05, 4.69) is 19.2 Å². The van der Waals surface area contributed by atoms with E-state index in [9.17, 15) is 4.79 Å². The molecule has 0 aromatic heterocycles. The first-order valence-electron chi connectivity index (χ1n) is 6.52. The first kappa shape index (κ1) is 14.7. The second-order valence-corrected chi connectivity index (χ2v) is 5.38. The third kappa shape index (κ3) is 4.49. The molecule has 0 saturated carbocycles. The van der Waals surface area contributed by atoms with E-state index in [4.69, 9.17) is 5.73 Å². The number of benzene rings is 1. The first-order valence-corrected chi connectivity index (χ1v) is 6.52. The monoisotopic (exact) mass is 248 g/mol. The van der Waals surface area contributed by atoms with Gasteiger partial charge in [0.2, 0.25) is 5.91 Å². The third-order valence-electron chi connectivity index (χ3n) is 3.00. The maximum atomic E-state index is 11.9. The van der Waals surface area contributed by atoms with Crippen molar-refractivity contribution in [3.8, 4) is 0 Å². The molecule has 0 aliphatic rings. The second kappa shape index (κ2) is 6.55. The number of nitrogens with one attached hydrogen (secondary N) is 1. The molecule has 1 amide bonds. The van der Waals surface area contributed by atoms with Gasteiger partial charge >= 0.3 is 0 Å². The van der Waals surface area contributed by atoms with Gasteiger partial charge in [-0.2, -0.15) is 0 Å². The zero-order valence-electron chi connectivity index (χ0n) is 11.7. The van der Waals surface area contributed by atoms with Crippen molar-refractivity contribution in [2.75, 3.05) is 0 Å². The van der Waals surface area contributed by atoms with Crippen LogP contribution in [-0.4, -0.2) is 11.9 Å². The molecule has 0 unspecified atom stereocenters. The van der Waals surface area contributed by atoms with E-state index >= 15 is 0 Å². The van der Waals surface area contributed by atoms with Crippen LogP contribution in [0, 0.1) is 12.8 Å². The minimum Gasteiger partial charge on any atom is -0.348 e. The van der Waals surface area contributed by atoms with Crippen molar-refractivity contribution in [2.24, 2.45) is 11.7 Å². The molecule has 0 aliphatic carbocycles. The van der Waals surface area contributed by atoms with Gasteiger partial charge < -0.3 is 11.1 Å². The SMILES string of the molecule is Cc1ccc([C@@H](C)NC(=O)[C@@H](N)CC(C)C)cc1. The summed E-state index contributed by atoms with van der Waals surface area (Å²) in [7, 11) is 0. The summed E-state index contributed by atoms with van der Waals surface area (Å²) in [6.07, 6.45) is 0.715. The molecule has 0 spiro atoms. The largest absolute Gasteiger partial charge is 0.348 e. The van der Waals surface area contributed by atoms with Crippen LogP contribution < -0.4 is 11.1 Å². The van der Waals surface area contributed by atoms with Crippen LogP contribution in [0.4, 0.5) is 0 Å². The second-order valence-electron chi connectivity index (χ2n) is 5.38. The molecule has 18 heavy (non-hydrogen) atoms. The summed E-state index contributed by atoms with van der Waals surface area (Å²) in [6.45, 7) is 8.16. The van der Waals surface area contributed by atoms with Crippen molar-refractivity contribution >= 4 is 5.91 Å². The van der Waals surface area contributed by atoms with Gasteiger partial charge in [0.1, 0.15) is 0 Å². The predicted molar refractivity (Wildman–Crippen MR) is 75.2 cm³/mol. The van der Waals surface area contributed by atoms with Gasteiger partial charge in [-0.05, 0) is 31.7 Å². The number of amides is 1. The molecular weight excluding hydrogens is 224 g/mol. The van der Waals surface area contributed by atoms with E-state index in [1.807, 2.05) is 38.1 Å². The van der Waals surface area contributed by atoms with E-state index in [-0.39, 0.29) is 11.9 Å². The lowest BCUT2D eigenvalue weighted by Crippen LogP contribution is -2.42. The highest BCUT2D eigenvalue weighted by molar-refractivity contribution is 5.81. The van der Waals surface area contributed by atoms with Crippen molar-refractivity contribution < 1.29 is 4.79 Å². The molecule has 0 radical (unpaired) electrons. The molecule has 3 heteroatoms. The Morgan fingerprint density at radius 1 is 1.22 bits per heavy atom. The van der Waals surface area contributed by atoms with Gasteiger partial charge in [-0.25, -0.2) is 0 Å². The fourth-order valence-corrected chi connectivity index (χ4v) is 1.87. The molecule has 0 aliphatic heterocycles. The van der Waals surface area contributed by atoms with E-state index in [0.29, 0.717) is 12.3 Å². The van der Waals surface area contributed by atoms with Gasteiger partial charge in [0.25, 0.3) is 0 Å².